The molecule has 0 unspecified atom stereocenters. The van der Waals surface area contributed by atoms with Crippen LogP contribution in [-0.4, -0.2) is 43.5 Å². The number of nitrogens with one attached hydrogen (secondary N) is 2. The van der Waals surface area contributed by atoms with E-state index in [-0.39, 0.29) is 22.9 Å². The zero-order valence-corrected chi connectivity index (χ0v) is 15.1. The lowest BCUT2D eigenvalue weighted by Crippen LogP contribution is -2.22. The summed E-state index contributed by atoms with van der Waals surface area (Å²) in [6.45, 7) is -0.630. The predicted molar refractivity (Wildman–Crippen MR) is 98.4 cm³/mol. The average Bonchev–Trinajstić information content (AvgIpc) is 2.70. The maximum absolute atomic E-state index is 12.2. The number of carbonyl (C=O) groups excluding carboxylic acids is 3. The molecule has 2 N–H and O–H groups in total. The molecule has 2 rings (SSSR count). The number of nitro benzene ring substituents is 1. The van der Waals surface area contributed by atoms with Crippen LogP contribution >= 0.6 is 0 Å². The van der Waals surface area contributed by atoms with Crippen molar-refractivity contribution < 1.29 is 28.8 Å². The molecular weight excluding hydrogens is 370 g/mol. The van der Waals surface area contributed by atoms with E-state index in [1.54, 1.807) is 18.2 Å². The first-order valence-corrected chi connectivity index (χ1v) is 7.97. The fraction of sp³-hybridized carbons (Fsp3) is 0.167. The number of amides is 2. The number of anilines is 1. The number of esters is 1. The lowest BCUT2D eigenvalue weighted by Gasteiger charge is -2.10. The molecule has 2 aromatic rings. The summed E-state index contributed by atoms with van der Waals surface area (Å²) >= 11 is 0. The first-order chi connectivity index (χ1) is 13.3. The van der Waals surface area contributed by atoms with Crippen molar-refractivity contribution in [3.8, 4) is 5.75 Å². The van der Waals surface area contributed by atoms with Crippen LogP contribution in [0.15, 0.2) is 42.5 Å². The number of carbonyl (C=O) groups is 3. The Balaban J connectivity index is 2.03. The van der Waals surface area contributed by atoms with Crippen molar-refractivity contribution >= 4 is 29.2 Å². The molecule has 0 bridgehead atoms. The molecule has 0 fully saturated rings. The molecule has 0 aliphatic rings. The van der Waals surface area contributed by atoms with E-state index in [4.69, 9.17) is 9.47 Å². The molecule has 28 heavy (non-hydrogen) atoms. The van der Waals surface area contributed by atoms with Crippen molar-refractivity contribution in [2.45, 2.75) is 0 Å². The highest BCUT2D eigenvalue weighted by atomic mass is 16.6. The van der Waals surface area contributed by atoms with Crippen molar-refractivity contribution in [1.29, 1.82) is 0 Å². The van der Waals surface area contributed by atoms with Crippen molar-refractivity contribution in [1.82, 2.24) is 5.32 Å². The number of hydrogen-bond donors (Lipinski definition) is 2. The molecule has 0 atom stereocenters. The fourth-order valence-corrected chi connectivity index (χ4v) is 2.26. The van der Waals surface area contributed by atoms with Crippen LogP contribution in [-0.2, 0) is 9.53 Å². The summed E-state index contributed by atoms with van der Waals surface area (Å²) in [5.41, 5.74) is 0.197. The SMILES string of the molecule is CNC(=O)c1cccc(NC(=O)COC(=O)c2cc([N+](=O)[O-])ccc2OC)c1. The molecule has 10 heteroatoms. The van der Waals surface area contributed by atoms with E-state index >= 15 is 0 Å². The van der Waals surface area contributed by atoms with Crippen LogP contribution in [0, 0.1) is 10.1 Å². The number of hydrogen-bond acceptors (Lipinski definition) is 7. The topological polar surface area (TPSA) is 137 Å². The summed E-state index contributed by atoms with van der Waals surface area (Å²) in [6.07, 6.45) is 0. The monoisotopic (exact) mass is 387 g/mol. The van der Waals surface area contributed by atoms with Gasteiger partial charge in [-0.3, -0.25) is 19.7 Å². The number of methoxy groups -OCH3 is 1. The molecule has 0 saturated heterocycles. The van der Waals surface area contributed by atoms with Gasteiger partial charge >= 0.3 is 5.97 Å². The third-order valence-electron chi connectivity index (χ3n) is 3.58. The Morgan fingerprint density at radius 3 is 2.54 bits per heavy atom. The van der Waals surface area contributed by atoms with Crippen LogP contribution < -0.4 is 15.4 Å². The Bertz CT molecular complexity index is 927. The molecule has 0 aromatic heterocycles. The number of nitro groups is 1. The minimum absolute atomic E-state index is 0.0780. The minimum Gasteiger partial charge on any atom is -0.496 e. The summed E-state index contributed by atoms with van der Waals surface area (Å²) < 4.78 is 9.89. The quantitative estimate of drug-likeness (QED) is 0.419. The zero-order valence-electron chi connectivity index (χ0n) is 15.1. The van der Waals surface area contributed by atoms with Gasteiger partial charge in [0.2, 0.25) is 0 Å². The molecule has 0 aliphatic carbocycles. The van der Waals surface area contributed by atoms with Crippen molar-refractivity contribution in [3.05, 3.63) is 63.7 Å². The van der Waals surface area contributed by atoms with Crippen LogP contribution in [0.4, 0.5) is 11.4 Å². The maximum Gasteiger partial charge on any atom is 0.342 e. The smallest absolute Gasteiger partial charge is 0.342 e. The first kappa shape index (κ1) is 20.4. The molecule has 0 saturated carbocycles. The second-order valence-corrected chi connectivity index (χ2v) is 5.43. The highest BCUT2D eigenvalue weighted by molar-refractivity contribution is 5.99. The summed E-state index contributed by atoms with van der Waals surface area (Å²) in [5.74, 6) is -1.84. The Kier molecular flexibility index (Phi) is 6.63. The van der Waals surface area contributed by atoms with E-state index in [0.29, 0.717) is 11.3 Å². The van der Waals surface area contributed by atoms with Crippen LogP contribution in [0.25, 0.3) is 0 Å². The lowest BCUT2D eigenvalue weighted by molar-refractivity contribution is -0.384. The van der Waals surface area contributed by atoms with Crippen LogP contribution in [0.5, 0.6) is 5.75 Å². The second kappa shape index (κ2) is 9.12. The van der Waals surface area contributed by atoms with Crippen molar-refractivity contribution in [3.63, 3.8) is 0 Å². The van der Waals surface area contributed by atoms with Crippen molar-refractivity contribution in [2.75, 3.05) is 26.1 Å². The van der Waals surface area contributed by atoms with Gasteiger partial charge in [-0.25, -0.2) is 4.79 Å². The summed E-state index contributed by atoms with van der Waals surface area (Å²) in [5, 5.41) is 15.8. The minimum atomic E-state index is -0.949. The summed E-state index contributed by atoms with van der Waals surface area (Å²) in [4.78, 5) is 46.0. The van der Waals surface area contributed by atoms with E-state index in [9.17, 15) is 24.5 Å². The van der Waals surface area contributed by atoms with Gasteiger partial charge in [0.15, 0.2) is 6.61 Å². The standard InChI is InChI=1S/C18H17N3O7/c1-19-17(23)11-4-3-5-12(8-11)20-16(22)10-28-18(24)14-9-13(21(25)26)6-7-15(14)27-2/h3-9H,10H2,1-2H3,(H,19,23)(H,20,22). The van der Waals surface area contributed by atoms with Gasteiger partial charge < -0.3 is 20.1 Å². The van der Waals surface area contributed by atoms with E-state index in [1.807, 2.05) is 0 Å². The Morgan fingerprint density at radius 2 is 1.89 bits per heavy atom. The molecule has 146 valence electrons. The van der Waals surface area contributed by atoms with E-state index in [1.165, 1.54) is 32.4 Å². The molecule has 0 spiro atoms. The van der Waals surface area contributed by atoms with Gasteiger partial charge in [0, 0.05) is 30.4 Å². The molecule has 2 aromatic carbocycles. The van der Waals surface area contributed by atoms with Gasteiger partial charge in [0.05, 0.1) is 12.0 Å². The third kappa shape index (κ3) is 5.04. The molecule has 10 nitrogen and oxygen atoms in total. The first-order valence-electron chi connectivity index (χ1n) is 7.97. The molecule has 0 aliphatic heterocycles. The zero-order chi connectivity index (χ0) is 20.7. The largest absolute Gasteiger partial charge is 0.496 e. The van der Waals surface area contributed by atoms with Gasteiger partial charge in [-0.2, -0.15) is 0 Å². The normalized spacial score (nSPS) is 9.93. The van der Waals surface area contributed by atoms with E-state index in [2.05, 4.69) is 10.6 Å². The Hall–Kier alpha value is -3.95. The fourth-order valence-electron chi connectivity index (χ4n) is 2.26. The number of non-ortho nitro benzene ring substituents is 1. The lowest BCUT2D eigenvalue weighted by atomic mass is 10.2. The Morgan fingerprint density at radius 1 is 1.14 bits per heavy atom. The predicted octanol–water partition coefficient (Wildman–Crippen LogP) is 1.76. The summed E-state index contributed by atoms with van der Waals surface area (Å²) in [6, 6.07) is 9.63. The third-order valence-corrected chi connectivity index (χ3v) is 3.58. The van der Waals surface area contributed by atoms with Crippen LogP contribution in [0.1, 0.15) is 20.7 Å². The van der Waals surface area contributed by atoms with Crippen LogP contribution in [0.3, 0.4) is 0 Å². The number of ether oxygens (including phenoxy) is 2. The van der Waals surface area contributed by atoms with E-state index in [0.717, 1.165) is 6.07 Å². The van der Waals surface area contributed by atoms with E-state index < -0.39 is 23.4 Å². The maximum atomic E-state index is 12.2. The molecular formula is C18H17N3O7. The highest BCUT2D eigenvalue weighted by Crippen LogP contribution is 2.24. The van der Waals surface area contributed by atoms with Gasteiger partial charge in [-0.15, -0.1) is 0 Å². The van der Waals surface area contributed by atoms with Gasteiger partial charge in [0.1, 0.15) is 11.3 Å². The van der Waals surface area contributed by atoms with Crippen molar-refractivity contribution in [2.24, 2.45) is 0 Å². The Labute approximate surface area is 159 Å². The number of benzene rings is 2. The number of nitrogens with zero attached hydrogens (tertiary/aromatic N) is 1. The molecule has 0 radical (unpaired) electrons. The molecule has 0 heterocycles. The average molecular weight is 387 g/mol. The molecule has 2 amide bonds. The van der Waals surface area contributed by atoms with Gasteiger partial charge in [-0.05, 0) is 24.3 Å². The summed E-state index contributed by atoms with van der Waals surface area (Å²) in [7, 11) is 2.78. The highest BCUT2D eigenvalue weighted by Gasteiger charge is 2.19. The second-order valence-electron chi connectivity index (χ2n) is 5.43. The van der Waals surface area contributed by atoms with Gasteiger partial charge in [0.25, 0.3) is 17.5 Å². The van der Waals surface area contributed by atoms with Crippen LogP contribution in [0.2, 0.25) is 0 Å². The van der Waals surface area contributed by atoms with Gasteiger partial charge in [-0.1, -0.05) is 6.07 Å². The number of rotatable bonds is 7.